The fourth-order valence-electron chi connectivity index (χ4n) is 2.82. The number of hydrogen-bond acceptors (Lipinski definition) is 3. The summed E-state index contributed by atoms with van der Waals surface area (Å²) in [6, 6.07) is 7.93. The van der Waals surface area contributed by atoms with Gasteiger partial charge in [-0.1, -0.05) is 26.0 Å². The summed E-state index contributed by atoms with van der Waals surface area (Å²) in [7, 11) is 0. The summed E-state index contributed by atoms with van der Waals surface area (Å²) in [6.45, 7) is 10.7. The van der Waals surface area contributed by atoms with Crippen LogP contribution in [0.2, 0.25) is 0 Å². The first-order valence-corrected chi connectivity index (χ1v) is 8.56. The smallest absolute Gasteiger partial charge is 0.240 e. The molecule has 1 aromatic heterocycles. The van der Waals surface area contributed by atoms with E-state index in [1.165, 1.54) is 0 Å². The van der Waals surface area contributed by atoms with Crippen molar-refractivity contribution in [1.82, 2.24) is 19.8 Å². The van der Waals surface area contributed by atoms with Gasteiger partial charge in [0.25, 0.3) is 0 Å². The summed E-state index contributed by atoms with van der Waals surface area (Å²) in [5.74, 6) is 0.932. The number of aryl methyl sites for hydroxylation is 1. The van der Waals surface area contributed by atoms with Gasteiger partial charge in [-0.15, -0.1) is 0 Å². The molecule has 126 valence electrons. The van der Waals surface area contributed by atoms with Gasteiger partial charge in [0.05, 0.1) is 11.0 Å². The molecule has 2 rings (SSSR count). The normalized spacial score (nSPS) is 11.3. The zero-order valence-electron chi connectivity index (χ0n) is 14.5. The molecule has 0 bridgehead atoms. The van der Waals surface area contributed by atoms with Crippen LogP contribution in [0.1, 0.15) is 32.5 Å². The fourth-order valence-corrected chi connectivity index (χ4v) is 2.82. The lowest BCUT2D eigenvalue weighted by molar-refractivity contribution is -0.121. The van der Waals surface area contributed by atoms with Crippen molar-refractivity contribution in [1.29, 1.82) is 0 Å². The van der Waals surface area contributed by atoms with Gasteiger partial charge in [0.1, 0.15) is 12.4 Å². The Bertz CT molecular complexity index is 631. The lowest BCUT2D eigenvalue weighted by Crippen LogP contribution is -2.30. The molecule has 0 unspecified atom stereocenters. The lowest BCUT2D eigenvalue weighted by Gasteiger charge is -2.17. The Morgan fingerprint density at radius 1 is 1.22 bits per heavy atom. The molecular formula is C18H28N4O. The highest BCUT2D eigenvalue weighted by Gasteiger charge is 2.10. The number of aromatic nitrogens is 2. The van der Waals surface area contributed by atoms with Crippen molar-refractivity contribution < 1.29 is 4.79 Å². The maximum absolute atomic E-state index is 12.1. The van der Waals surface area contributed by atoms with E-state index in [-0.39, 0.29) is 5.91 Å². The van der Waals surface area contributed by atoms with E-state index >= 15 is 0 Å². The molecule has 0 aliphatic carbocycles. The molecule has 0 aliphatic heterocycles. The van der Waals surface area contributed by atoms with Gasteiger partial charge >= 0.3 is 0 Å². The first kappa shape index (κ1) is 17.5. The molecule has 5 nitrogen and oxygen atoms in total. The van der Waals surface area contributed by atoms with Gasteiger partial charge in [-0.3, -0.25) is 4.79 Å². The Labute approximate surface area is 138 Å². The lowest BCUT2D eigenvalue weighted by atomic mass is 10.3. The van der Waals surface area contributed by atoms with Crippen LogP contribution in [0, 0.1) is 6.92 Å². The van der Waals surface area contributed by atoms with Gasteiger partial charge in [0, 0.05) is 6.54 Å². The molecule has 1 heterocycles. The minimum absolute atomic E-state index is 0.0547. The quantitative estimate of drug-likeness (QED) is 0.723. The minimum Gasteiger partial charge on any atom is -0.355 e. The summed E-state index contributed by atoms with van der Waals surface area (Å²) in [4.78, 5) is 19.0. The molecule has 23 heavy (non-hydrogen) atoms. The van der Waals surface area contributed by atoms with E-state index in [1.807, 2.05) is 35.8 Å². The third-order valence-electron chi connectivity index (χ3n) is 4.26. The van der Waals surface area contributed by atoms with Crippen LogP contribution in [-0.4, -0.2) is 46.5 Å². The van der Waals surface area contributed by atoms with Crippen LogP contribution < -0.4 is 5.32 Å². The summed E-state index contributed by atoms with van der Waals surface area (Å²) in [5.41, 5.74) is 1.96. The van der Waals surface area contributed by atoms with Crippen molar-refractivity contribution in [3.63, 3.8) is 0 Å². The summed E-state index contributed by atoms with van der Waals surface area (Å²) in [6.07, 6.45) is 2.14. The Balaban J connectivity index is 1.77. The second-order valence-corrected chi connectivity index (χ2v) is 5.82. The largest absolute Gasteiger partial charge is 0.355 e. The average molecular weight is 316 g/mol. The first-order chi connectivity index (χ1) is 11.2. The summed E-state index contributed by atoms with van der Waals surface area (Å²) < 4.78 is 1.97. The molecule has 5 heteroatoms. The van der Waals surface area contributed by atoms with Gasteiger partial charge in [0.15, 0.2) is 0 Å². The summed E-state index contributed by atoms with van der Waals surface area (Å²) >= 11 is 0. The van der Waals surface area contributed by atoms with Gasteiger partial charge in [-0.05, 0) is 51.5 Å². The predicted molar refractivity (Wildman–Crippen MR) is 94.5 cm³/mol. The van der Waals surface area contributed by atoms with Crippen molar-refractivity contribution in [2.75, 3.05) is 26.2 Å². The van der Waals surface area contributed by atoms with Gasteiger partial charge < -0.3 is 14.8 Å². The van der Waals surface area contributed by atoms with E-state index < -0.39 is 0 Å². The fraction of sp³-hybridized carbons (Fsp3) is 0.556. The van der Waals surface area contributed by atoms with Crippen LogP contribution in [-0.2, 0) is 11.3 Å². The van der Waals surface area contributed by atoms with Crippen molar-refractivity contribution >= 4 is 16.9 Å². The number of imidazole rings is 1. The highest BCUT2D eigenvalue weighted by Crippen LogP contribution is 2.14. The second kappa shape index (κ2) is 8.67. The number of benzene rings is 1. The highest BCUT2D eigenvalue weighted by atomic mass is 16.1. The molecule has 1 amide bonds. The number of carbonyl (C=O) groups excluding carboxylic acids is 1. The van der Waals surface area contributed by atoms with Gasteiger partial charge in [-0.25, -0.2) is 4.98 Å². The third-order valence-corrected chi connectivity index (χ3v) is 4.26. The Morgan fingerprint density at radius 2 is 1.96 bits per heavy atom. The number of hydrogen-bond donors (Lipinski definition) is 1. The molecule has 0 saturated heterocycles. The van der Waals surface area contributed by atoms with E-state index in [9.17, 15) is 4.79 Å². The number of fused-ring (bicyclic) bond motifs is 1. The predicted octanol–water partition coefficient (Wildman–Crippen LogP) is 2.58. The second-order valence-electron chi connectivity index (χ2n) is 5.82. The molecule has 0 aliphatic rings. The molecule has 0 fully saturated rings. The van der Waals surface area contributed by atoms with Crippen LogP contribution in [0.4, 0.5) is 0 Å². The van der Waals surface area contributed by atoms with E-state index in [0.29, 0.717) is 6.54 Å². The summed E-state index contributed by atoms with van der Waals surface area (Å²) in [5, 5.41) is 3.02. The Kier molecular flexibility index (Phi) is 6.59. The van der Waals surface area contributed by atoms with E-state index in [1.54, 1.807) is 0 Å². The number of unbranched alkanes of at least 4 members (excludes halogenated alkanes) is 1. The molecule has 0 spiro atoms. The van der Waals surface area contributed by atoms with Crippen molar-refractivity contribution in [2.45, 2.75) is 40.2 Å². The maximum Gasteiger partial charge on any atom is 0.240 e. The van der Waals surface area contributed by atoms with Crippen LogP contribution in [0.3, 0.4) is 0 Å². The molecule has 0 atom stereocenters. The zero-order chi connectivity index (χ0) is 16.7. The minimum atomic E-state index is 0.0547. The SMILES string of the molecule is CCN(CC)CCCCNC(=O)Cn1c(C)nc2ccccc21. The molecule has 0 saturated carbocycles. The molecule has 1 N–H and O–H groups in total. The molecule has 2 aromatic rings. The van der Waals surface area contributed by atoms with Crippen molar-refractivity contribution in [3.05, 3.63) is 30.1 Å². The van der Waals surface area contributed by atoms with E-state index in [4.69, 9.17) is 0 Å². The topological polar surface area (TPSA) is 50.2 Å². The number of amides is 1. The Morgan fingerprint density at radius 3 is 2.70 bits per heavy atom. The van der Waals surface area contributed by atoms with Crippen molar-refractivity contribution in [3.8, 4) is 0 Å². The number of rotatable bonds is 9. The third kappa shape index (κ3) is 4.79. The molecule has 1 aromatic carbocycles. The van der Waals surface area contributed by atoms with Crippen molar-refractivity contribution in [2.24, 2.45) is 0 Å². The molecular weight excluding hydrogens is 288 g/mol. The maximum atomic E-state index is 12.1. The van der Waals surface area contributed by atoms with E-state index in [2.05, 4.69) is 29.0 Å². The monoisotopic (exact) mass is 316 g/mol. The highest BCUT2D eigenvalue weighted by molar-refractivity contribution is 5.81. The number of para-hydroxylation sites is 2. The van der Waals surface area contributed by atoms with Crippen LogP contribution in [0.5, 0.6) is 0 Å². The number of nitrogens with one attached hydrogen (secondary N) is 1. The van der Waals surface area contributed by atoms with Crippen LogP contribution in [0.15, 0.2) is 24.3 Å². The number of carbonyl (C=O) groups is 1. The Hall–Kier alpha value is -1.88. The average Bonchev–Trinajstić information content (AvgIpc) is 2.87. The van der Waals surface area contributed by atoms with Gasteiger partial charge in [0.2, 0.25) is 5.91 Å². The van der Waals surface area contributed by atoms with E-state index in [0.717, 1.165) is 55.9 Å². The standard InChI is InChI=1S/C18H28N4O/c1-4-21(5-2)13-9-8-12-19-18(23)14-22-15(3)20-16-10-6-7-11-17(16)22/h6-7,10-11H,4-5,8-9,12-14H2,1-3H3,(H,19,23). The van der Waals surface area contributed by atoms with Crippen LogP contribution in [0.25, 0.3) is 11.0 Å². The number of nitrogens with zero attached hydrogens (tertiary/aromatic N) is 3. The first-order valence-electron chi connectivity index (χ1n) is 8.56. The van der Waals surface area contributed by atoms with Gasteiger partial charge in [-0.2, -0.15) is 0 Å². The zero-order valence-corrected chi connectivity index (χ0v) is 14.5. The van der Waals surface area contributed by atoms with Crippen LogP contribution >= 0.6 is 0 Å². The molecule has 0 radical (unpaired) electrons.